The van der Waals surface area contributed by atoms with Crippen molar-refractivity contribution in [1.82, 2.24) is 9.97 Å². The van der Waals surface area contributed by atoms with E-state index in [1.807, 2.05) is 0 Å². The zero-order valence-electron chi connectivity index (χ0n) is 62.6. The Morgan fingerprint density at radius 3 is 1.03 bits per heavy atom. The van der Waals surface area contributed by atoms with E-state index in [1.165, 1.54) is 262 Å². The highest BCUT2D eigenvalue weighted by atomic mass is 14.9. The summed E-state index contributed by atoms with van der Waals surface area (Å²) in [6.45, 7) is 13.9. The second-order valence-corrected chi connectivity index (χ2v) is 30.5. The van der Waals surface area contributed by atoms with Crippen molar-refractivity contribution in [2.45, 2.75) is 232 Å². The largest absolute Gasteiger partial charge is 0.228 e. The second kappa shape index (κ2) is 34.5. The average molecular weight is 1340 g/mol. The van der Waals surface area contributed by atoms with E-state index in [9.17, 15) is 0 Å². The van der Waals surface area contributed by atoms with Gasteiger partial charge in [0, 0.05) is 27.5 Å². The summed E-state index contributed by atoms with van der Waals surface area (Å²) in [4.78, 5) is 11.9. The summed E-state index contributed by atoms with van der Waals surface area (Å²) in [6.07, 6.45) is 35.3. The zero-order chi connectivity index (χ0) is 70.1. The molecule has 0 saturated carbocycles. The number of nitrogens with zero attached hydrogens (tertiary/aromatic N) is 2. The van der Waals surface area contributed by atoms with E-state index in [0.29, 0.717) is 0 Å². The summed E-state index contributed by atoms with van der Waals surface area (Å²) in [6, 6.07) is 88.5. The normalized spacial score (nSPS) is 13.1. The van der Waals surface area contributed by atoms with Gasteiger partial charge in [-0.15, -0.1) is 0 Å². The van der Waals surface area contributed by atoms with Gasteiger partial charge in [-0.1, -0.05) is 387 Å². The van der Waals surface area contributed by atoms with Crippen molar-refractivity contribution in [3.8, 4) is 112 Å². The number of fused-ring (bicyclic) bond motifs is 6. The molecule has 0 saturated heterocycles. The van der Waals surface area contributed by atoms with Crippen LogP contribution in [0.2, 0.25) is 0 Å². The van der Waals surface area contributed by atoms with Crippen molar-refractivity contribution in [3.05, 3.63) is 264 Å². The van der Waals surface area contributed by atoms with E-state index in [4.69, 9.17) is 9.97 Å². The highest BCUT2D eigenvalue weighted by Crippen LogP contribution is 2.58. The predicted molar refractivity (Wildman–Crippen MR) is 439 cm³/mol. The van der Waals surface area contributed by atoms with Gasteiger partial charge in [0.25, 0.3) is 0 Å². The molecule has 11 aromatic rings. The molecule has 0 radical (unpaired) electrons. The third-order valence-corrected chi connectivity index (χ3v) is 23.2. The quantitative estimate of drug-likeness (QED) is 0.0366. The van der Waals surface area contributed by atoms with Crippen LogP contribution in [0.3, 0.4) is 0 Å². The Kier molecular flexibility index (Phi) is 24.2. The Bertz CT molecular complexity index is 4530. The molecule has 1 aromatic heterocycles. The third-order valence-electron chi connectivity index (χ3n) is 23.2. The lowest BCUT2D eigenvalue weighted by Gasteiger charge is -2.33. The predicted octanol–water partition coefficient (Wildman–Crippen LogP) is 30.0. The van der Waals surface area contributed by atoms with Crippen molar-refractivity contribution in [3.63, 3.8) is 0 Å². The number of benzene rings is 10. The molecule has 2 nitrogen and oxygen atoms in total. The van der Waals surface area contributed by atoms with Crippen LogP contribution < -0.4 is 0 Å². The maximum atomic E-state index is 5.94. The van der Waals surface area contributed by atoms with Crippen molar-refractivity contribution in [2.24, 2.45) is 0 Å². The standard InChI is InChI=1S/C100H112N2/c1-7-11-15-19-23-35-61-99(62-36-24-20-16-12-8-2)92-66-74(6)51-56-87(92)89-59-54-82(70-94(89)99)96-72-97(102-98(101-96)91-68-78(75-42-29-27-30-43-75)52-57-86(91)76-44-31-28-32-45-76)83-55-60-90-88-58-53-79(77-46-40-48-81(67-77)85-50-34-33-49-84(85)80-47-39-41-73(5)65-80)69-93(88)100(95(90)71-83,63-37-25-21-17-13-9-3)64-38-26-22-18-14-10-4/h27-34,39-60,65-72H,7-26,35-38,61-64H2,1-6H3. The van der Waals surface area contributed by atoms with Crippen molar-refractivity contribution in [2.75, 3.05) is 0 Å². The third kappa shape index (κ3) is 16.1. The first-order valence-electron chi connectivity index (χ1n) is 40.2. The van der Waals surface area contributed by atoms with Crippen LogP contribution in [0.1, 0.15) is 241 Å². The van der Waals surface area contributed by atoms with Gasteiger partial charge in [0.15, 0.2) is 5.82 Å². The molecule has 10 aromatic carbocycles. The van der Waals surface area contributed by atoms with Gasteiger partial charge in [-0.2, -0.15) is 0 Å². The number of unbranched alkanes of at least 4 members (excludes halogenated alkanes) is 20. The number of aryl methyl sites for hydroxylation is 2. The summed E-state index contributed by atoms with van der Waals surface area (Å²) >= 11 is 0. The van der Waals surface area contributed by atoms with Crippen LogP contribution in [0.25, 0.3) is 112 Å². The van der Waals surface area contributed by atoms with E-state index in [-0.39, 0.29) is 10.8 Å². The molecule has 0 bridgehead atoms. The molecule has 0 aliphatic heterocycles. The SMILES string of the molecule is CCCCCCCCC1(CCCCCCCC)c2cc(C)ccc2-c2ccc(-c3cc(-c4ccc5c(c4)C(CCCCCCCC)(CCCCCCCC)c4cc(-c6cccc(-c7ccccc7-c7cccc(C)c7)c6)ccc4-5)nc(-c4cc(-c5ccccc5)ccc4-c4ccccc4)n3)cc21. The number of hydrogen-bond acceptors (Lipinski definition) is 2. The molecule has 2 aliphatic carbocycles. The smallest absolute Gasteiger partial charge is 0.161 e. The molecule has 0 amide bonds. The molecule has 0 N–H and O–H groups in total. The Balaban J connectivity index is 0.985. The highest BCUT2D eigenvalue weighted by Gasteiger charge is 2.44. The average Bonchev–Trinajstić information content (AvgIpc) is 1.56. The molecular weight excluding hydrogens is 1230 g/mol. The fraction of sp³-hybridized carbons (Fsp3) is 0.360. The van der Waals surface area contributed by atoms with Gasteiger partial charge < -0.3 is 0 Å². The van der Waals surface area contributed by atoms with Gasteiger partial charge in [-0.25, -0.2) is 9.97 Å². The summed E-state index contributed by atoms with van der Waals surface area (Å²) in [5, 5.41) is 0. The molecule has 0 unspecified atom stereocenters. The number of aromatic nitrogens is 2. The summed E-state index contributed by atoms with van der Waals surface area (Å²) in [5.74, 6) is 0.756. The summed E-state index contributed by atoms with van der Waals surface area (Å²) < 4.78 is 0. The minimum Gasteiger partial charge on any atom is -0.228 e. The molecule has 0 fully saturated rings. The molecule has 2 aliphatic rings. The van der Waals surface area contributed by atoms with Gasteiger partial charge in [0.05, 0.1) is 11.4 Å². The molecule has 13 rings (SSSR count). The van der Waals surface area contributed by atoms with Crippen LogP contribution >= 0.6 is 0 Å². The monoisotopic (exact) mass is 1340 g/mol. The fourth-order valence-electron chi connectivity index (χ4n) is 17.7. The Hall–Kier alpha value is -8.72. The molecular formula is C100H112N2. The molecule has 1 heterocycles. The van der Waals surface area contributed by atoms with E-state index in [1.54, 1.807) is 5.56 Å². The Labute approximate surface area is 614 Å². The van der Waals surface area contributed by atoms with Crippen LogP contribution in [-0.2, 0) is 10.8 Å². The first-order valence-corrected chi connectivity index (χ1v) is 40.2. The molecule has 102 heavy (non-hydrogen) atoms. The lowest BCUT2D eigenvalue weighted by molar-refractivity contribution is 0.398. The highest BCUT2D eigenvalue weighted by molar-refractivity contribution is 5.91. The lowest BCUT2D eigenvalue weighted by atomic mass is 9.70. The van der Waals surface area contributed by atoms with Crippen molar-refractivity contribution in [1.29, 1.82) is 0 Å². The zero-order valence-corrected chi connectivity index (χ0v) is 62.6. The number of rotatable bonds is 36. The van der Waals surface area contributed by atoms with Gasteiger partial charge in [-0.3, -0.25) is 0 Å². The summed E-state index contributed by atoms with van der Waals surface area (Å²) in [5.41, 5.74) is 31.6. The van der Waals surface area contributed by atoms with Gasteiger partial charge >= 0.3 is 0 Å². The first kappa shape index (κ1) is 71.7. The lowest BCUT2D eigenvalue weighted by Crippen LogP contribution is -2.26. The number of hydrogen-bond donors (Lipinski definition) is 0. The van der Waals surface area contributed by atoms with E-state index in [2.05, 4.69) is 272 Å². The Morgan fingerprint density at radius 1 is 0.216 bits per heavy atom. The van der Waals surface area contributed by atoms with Crippen LogP contribution in [0.15, 0.2) is 231 Å². The molecule has 0 spiro atoms. The summed E-state index contributed by atoms with van der Waals surface area (Å²) in [7, 11) is 0. The van der Waals surface area contributed by atoms with Crippen LogP contribution in [0.5, 0.6) is 0 Å². The minimum absolute atomic E-state index is 0.0779. The van der Waals surface area contributed by atoms with Crippen LogP contribution in [0.4, 0.5) is 0 Å². The molecule has 0 atom stereocenters. The molecule has 522 valence electrons. The van der Waals surface area contributed by atoms with E-state index < -0.39 is 0 Å². The van der Waals surface area contributed by atoms with Crippen LogP contribution in [-0.4, -0.2) is 9.97 Å². The maximum Gasteiger partial charge on any atom is 0.161 e. The van der Waals surface area contributed by atoms with E-state index >= 15 is 0 Å². The van der Waals surface area contributed by atoms with Gasteiger partial charge in [0.2, 0.25) is 0 Å². The first-order chi connectivity index (χ1) is 50.2. The van der Waals surface area contributed by atoms with E-state index in [0.717, 1.165) is 57.9 Å². The second-order valence-electron chi connectivity index (χ2n) is 30.5. The Morgan fingerprint density at radius 2 is 0.549 bits per heavy atom. The molecule has 2 heteroatoms. The van der Waals surface area contributed by atoms with Crippen molar-refractivity contribution >= 4 is 0 Å². The fourth-order valence-corrected chi connectivity index (χ4v) is 17.7. The van der Waals surface area contributed by atoms with Gasteiger partial charge in [-0.05, 0) is 176 Å². The van der Waals surface area contributed by atoms with Gasteiger partial charge in [0.1, 0.15) is 0 Å². The topological polar surface area (TPSA) is 25.8 Å². The maximum absolute atomic E-state index is 5.94. The minimum atomic E-state index is -0.187. The van der Waals surface area contributed by atoms with Crippen LogP contribution in [0, 0.1) is 13.8 Å². The van der Waals surface area contributed by atoms with Crippen molar-refractivity contribution < 1.29 is 0 Å².